The van der Waals surface area contributed by atoms with E-state index in [0.717, 1.165) is 0 Å². The molecule has 1 amide bonds. The Kier molecular flexibility index (Phi) is 4.39. The minimum Gasteiger partial charge on any atom is -0.478 e. The zero-order valence-corrected chi connectivity index (χ0v) is 11.8. The first-order valence-electron chi connectivity index (χ1n) is 5.99. The predicted molar refractivity (Wildman–Crippen MR) is 79.3 cm³/mol. The van der Waals surface area contributed by atoms with Gasteiger partial charge in [-0.2, -0.15) is 0 Å². The van der Waals surface area contributed by atoms with Gasteiger partial charge < -0.3 is 15.7 Å². The highest BCUT2D eigenvalue weighted by atomic mass is 35.5. The lowest BCUT2D eigenvalue weighted by molar-refractivity contribution is 0.0696. The third-order valence-corrected chi connectivity index (χ3v) is 3.03. The van der Waals surface area contributed by atoms with Gasteiger partial charge in [0.25, 0.3) is 5.91 Å². The monoisotopic (exact) mass is 305 g/mol. The van der Waals surface area contributed by atoms with E-state index in [2.05, 4.69) is 15.6 Å². The number of halogens is 1. The summed E-state index contributed by atoms with van der Waals surface area (Å²) < 4.78 is 0. The van der Waals surface area contributed by atoms with Crippen molar-refractivity contribution in [1.82, 2.24) is 10.3 Å². The molecular formula is C14H12ClN3O3. The van der Waals surface area contributed by atoms with Crippen LogP contribution in [0.25, 0.3) is 0 Å². The zero-order valence-electron chi connectivity index (χ0n) is 11.1. The molecule has 1 heterocycles. The second kappa shape index (κ2) is 6.23. The fraction of sp³-hybridized carbons (Fsp3) is 0.0714. The number of nitrogens with zero attached hydrogens (tertiary/aromatic N) is 1. The molecule has 0 unspecified atom stereocenters. The number of carboxylic acid groups (broad SMARTS) is 1. The van der Waals surface area contributed by atoms with Crippen molar-refractivity contribution < 1.29 is 14.7 Å². The van der Waals surface area contributed by atoms with Gasteiger partial charge in [-0.1, -0.05) is 11.6 Å². The Morgan fingerprint density at radius 1 is 1.24 bits per heavy atom. The van der Waals surface area contributed by atoms with Gasteiger partial charge in [0.15, 0.2) is 0 Å². The summed E-state index contributed by atoms with van der Waals surface area (Å²) in [7, 11) is 1.52. The van der Waals surface area contributed by atoms with Crippen LogP contribution in [0.5, 0.6) is 0 Å². The molecule has 1 aromatic heterocycles. The van der Waals surface area contributed by atoms with Crippen LogP contribution < -0.4 is 10.6 Å². The summed E-state index contributed by atoms with van der Waals surface area (Å²) in [5.74, 6) is -1.35. The Morgan fingerprint density at radius 2 is 2.00 bits per heavy atom. The van der Waals surface area contributed by atoms with Gasteiger partial charge >= 0.3 is 5.97 Å². The molecule has 21 heavy (non-hydrogen) atoms. The van der Waals surface area contributed by atoms with Gasteiger partial charge in [0.2, 0.25) is 0 Å². The number of nitrogens with one attached hydrogen (secondary N) is 2. The number of carbonyl (C=O) groups is 2. The zero-order chi connectivity index (χ0) is 15.4. The molecule has 0 saturated carbocycles. The number of rotatable bonds is 4. The van der Waals surface area contributed by atoms with E-state index in [1.807, 2.05) is 0 Å². The topological polar surface area (TPSA) is 91.3 Å². The van der Waals surface area contributed by atoms with E-state index in [4.69, 9.17) is 16.7 Å². The van der Waals surface area contributed by atoms with Gasteiger partial charge in [-0.25, -0.2) is 4.79 Å². The Bertz CT molecular complexity index is 704. The summed E-state index contributed by atoms with van der Waals surface area (Å²) in [6.07, 6.45) is 1.49. The van der Waals surface area contributed by atoms with Gasteiger partial charge in [-0.3, -0.25) is 9.78 Å². The fourth-order valence-corrected chi connectivity index (χ4v) is 1.89. The Hall–Kier alpha value is -2.60. The summed E-state index contributed by atoms with van der Waals surface area (Å²) in [5.41, 5.74) is 1.52. The third-order valence-electron chi connectivity index (χ3n) is 2.71. The molecule has 6 nitrogen and oxygen atoms in total. The van der Waals surface area contributed by atoms with Gasteiger partial charge in [0, 0.05) is 18.9 Å². The van der Waals surface area contributed by atoms with Crippen LogP contribution in [0, 0.1) is 0 Å². The summed E-state index contributed by atoms with van der Waals surface area (Å²) in [4.78, 5) is 26.3. The van der Waals surface area contributed by atoms with E-state index in [1.165, 1.54) is 25.4 Å². The van der Waals surface area contributed by atoms with Crippen LogP contribution in [-0.4, -0.2) is 29.0 Å². The van der Waals surface area contributed by atoms with Crippen LogP contribution in [0.2, 0.25) is 5.02 Å². The summed E-state index contributed by atoms with van der Waals surface area (Å²) in [5, 5.41) is 14.7. The van der Waals surface area contributed by atoms with Crippen LogP contribution in [-0.2, 0) is 0 Å². The molecule has 0 fully saturated rings. The number of hydrogen-bond donors (Lipinski definition) is 3. The summed E-state index contributed by atoms with van der Waals surface area (Å²) in [6, 6.07) is 7.60. The van der Waals surface area contributed by atoms with Crippen molar-refractivity contribution in [2.75, 3.05) is 12.4 Å². The van der Waals surface area contributed by atoms with E-state index < -0.39 is 5.97 Å². The normalized spacial score (nSPS) is 10.0. The number of carbonyl (C=O) groups excluding carboxylic acids is 1. The van der Waals surface area contributed by atoms with E-state index in [0.29, 0.717) is 11.4 Å². The predicted octanol–water partition coefficient (Wildman–Crippen LogP) is 2.54. The Balaban J connectivity index is 2.26. The number of amides is 1. The maximum absolute atomic E-state index is 11.5. The minimum atomic E-state index is -1.05. The number of aromatic carboxylic acids is 1. The molecule has 7 heteroatoms. The van der Waals surface area contributed by atoms with Crippen molar-refractivity contribution >= 4 is 34.9 Å². The molecule has 0 radical (unpaired) electrons. The fourth-order valence-electron chi connectivity index (χ4n) is 1.67. The molecule has 2 aromatic rings. The summed E-state index contributed by atoms with van der Waals surface area (Å²) >= 11 is 6.03. The highest BCUT2D eigenvalue weighted by Gasteiger charge is 2.09. The molecule has 0 aliphatic carbocycles. The SMILES string of the molecule is CNC(=O)c1cc(Nc2ccc(C(=O)O)cc2Cl)ccn1. The number of anilines is 2. The van der Waals surface area contributed by atoms with Crippen molar-refractivity contribution in [2.24, 2.45) is 0 Å². The quantitative estimate of drug-likeness (QED) is 0.807. The molecule has 2 rings (SSSR count). The third kappa shape index (κ3) is 3.49. The second-order valence-electron chi connectivity index (χ2n) is 4.13. The van der Waals surface area contributed by atoms with Gasteiger partial charge in [-0.15, -0.1) is 0 Å². The van der Waals surface area contributed by atoms with Crippen LogP contribution in [0.4, 0.5) is 11.4 Å². The van der Waals surface area contributed by atoms with Crippen molar-refractivity contribution in [2.45, 2.75) is 0 Å². The average Bonchev–Trinajstić information content (AvgIpc) is 2.48. The first-order valence-corrected chi connectivity index (χ1v) is 6.37. The molecular weight excluding hydrogens is 294 g/mol. The molecule has 0 aliphatic rings. The van der Waals surface area contributed by atoms with Crippen LogP contribution >= 0.6 is 11.6 Å². The molecule has 108 valence electrons. The number of benzene rings is 1. The molecule has 1 aromatic carbocycles. The first kappa shape index (κ1) is 14.8. The molecule has 3 N–H and O–H groups in total. The van der Waals surface area contributed by atoms with Crippen LogP contribution in [0.3, 0.4) is 0 Å². The number of hydrogen-bond acceptors (Lipinski definition) is 4. The standard InChI is InChI=1S/C14H12ClN3O3/c1-16-13(19)12-7-9(4-5-17-12)18-11-3-2-8(14(20)21)6-10(11)15/h2-7H,1H3,(H,16,19)(H,17,18)(H,20,21). The van der Waals surface area contributed by atoms with E-state index in [1.54, 1.807) is 18.2 Å². The molecule has 0 atom stereocenters. The Labute approximate surface area is 125 Å². The maximum atomic E-state index is 11.5. The number of carboxylic acids is 1. The molecule has 0 bridgehead atoms. The van der Waals surface area contributed by atoms with Crippen molar-refractivity contribution in [3.8, 4) is 0 Å². The van der Waals surface area contributed by atoms with Gasteiger partial charge in [0.1, 0.15) is 5.69 Å². The molecule has 0 saturated heterocycles. The number of pyridine rings is 1. The largest absolute Gasteiger partial charge is 0.478 e. The highest BCUT2D eigenvalue weighted by Crippen LogP contribution is 2.26. The minimum absolute atomic E-state index is 0.103. The lowest BCUT2D eigenvalue weighted by atomic mass is 10.2. The maximum Gasteiger partial charge on any atom is 0.335 e. The average molecular weight is 306 g/mol. The molecule has 0 aliphatic heterocycles. The van der Waals surface area contributed by atoms with E-state index in [9.17, 15) is 9.59 Å². The van der Waals surface area contributed by atoms with E-state index in [-0.39, 0.29) is 22.2 Å². The lowest BCUT2D eigenvalue weighted by Gasteiger charge is -2.09. The molecule has 0 spiro atoms. The number of aromatic nitrogens is 1. The van der Waals surface area contributed by atoms with Crippen molar-refractivity contribution in [1.29, 1.82) is 0 Å². The second-order valence-corrected chi connectivity index (χ2v) is 4.54. The summed E-state index contributed by atoms with van der Waals surface area (Å²) in [6.45, 7) is 0. The first-order chi connectivity index (χ1) is 10.0. The van der Waals surface area contributed by atoms with Crippen molar-refractivity contribution in [3.63, 3.8) is 0 Å². The van der Waals surface area contributed by atoms with E-state index >= 15 is 0 Å². The van der Waals surface area contributed by atoms with Gasteiger partial charge in [-0.05, 0) is 30.3 Å². The highest BCUT2D eigenvalue weighted by molar-refractivity contribution is 6.33. The smallest absolute Gasteiger partial charge is 0.335 e. The Morgan fingerprint density at radius 3 is 2.62 bits per heavy atom. The van der Waals surface area contributed by atoms with Crippen molar-refractivity contribution in [3.05, 3.63) is 52.8 Å². The lowest BCUT2D eigenvalue weighted by Crippen LogP contribution is -2.19. The van der Waals surface area contributed by atoms with Crippen LogP contribution in [0.1, 0.15) is 20.8 Å². The van der Waals surface area contributed by atoms with Crippen LogP contribution in [0.15, 0.2) is 36.5 Å². The van der Waals surface area contributed by atoms with Gasteiger partial charge in [0.05, 0.1) is 16.3 Å².